The molecule has 0 aliphatic rings. The molecular weight excluding hydrogens is 334 g/mol. The summed E-state index contributed by atoms with van der Waals surface area (Å²) in [5.41, 5.74) is 1.65. The molecule has 0 spiro atoms. The number of hydrogen-bond donors (Lipinski definition) is 2. The smallest absolute Gasteiger partial charge is 0.234 e. The van der Waals surface area contributed by atoms with Gasteiger partial charge in [0.05, 0.1) is 11.5 Å². The van der Waals surface area contributed by atoms with Crippen molar-refractivity contribution in [3.8, 4) is 0 Å². The monoisotopic (exact) mass is 350 g/mol. The summed E-state index contributed by atoms with van der Waals surface area (Å²) in [4.78, 5) is 23.6. The maximum absolute atomic E-state index is 13.2. The van der Waals surface area contributed by atoms with E-state index in [1.807, 2.05) is 0 Å². The second-order valence-electron chi connectivity index (χ2n) is 5.06. The standard InChI is InChI=1S/C17H16F2N2O2S/c1-11-2-3-13(19)8-15(11)21-17(23)10-24-9-16(22)20-14-6-4-12(18)5-7-14/h2-8H,9-10H2,1H3,(H,20,22)(H,21,23). The van der Waals surface area contributed by atoms with Crippen molar-refractivity contribution in [2.24, 2.45) is 0 Å². The summed E-state index contributed by atoms with van der Waals surface area (Å²) in [6, 6.07) is 9.55. The molecule has 126 valence electrons. The lowest BCUT2D eigenvalue weighted by Crippen LogP contribution is -2.18. The summed E-state index contributed by atoms with van der Waals surface area (Å²) in [5, 5.41) is 5.21. The molecule has 7 heteroatoms. The number of halogens is 2. The van der Waals surface area contributed by atoms with Crippen LogP contribution in [0.4, 0.5) is 20.2 Å². The molecule has 2 aromatic carbocycles. The molecule has 2 amide bonds. The molecule has 2 aromatic rings. The van der Waals surface area contributed by atoms with E-state index in [1.54, 1.807) is 13.0 Å². The molecule has 0 saturated carbocycles. The predicted octanol–water partition coefficient (Wildman–Crippen LogP) is 3.58. The second-order valence-corrected chi connectivity index (χ2v) is 6.04. The van der Waals surface area contributed by atoms with Crippen LogP contribution in [-0.4, -0.2) is 23.3 Å². The Bertz CT molecular complexity index is 736. The van der Waals surface area contributed by atoms with Gasteiger partial charge in [-0.15, -0.1) is 11.8 Å². The topological polar surface area (TPSA) is 58.2 Å². The zero-order valence-electron chi connectivity index (χ0n) is 12.9. The van der Waals surface area contributed by atoms with Crippen molar-refractivity contribution >= 4 is 35.0 Å². The van der Waals surface area contributed by atoms with Crippen LogP contribution >= 0.6 is 11.8 Å². The summed E-state index contributed by atoms with van der Waals surface area (Å²) in [7, 11) is 0. The van der Waals surface area contributed by atoms with Crippen molar-refractivity contribution in [1.82, 2.24) is 0 Å². The van der Waals surface area contributed by atoms with Crippen LogP contribution in [0.25, 0.3) is 0 Å². The molecule has 0 atom stereocenters. The molecular formula is C17H16F2N2O2S. The Morgan fingerprint density at radius 1 is 0.917 bits per heavy atom. The SMILES string of the molecule is Cc1ccc(F)cc1NC(=O)CSCC(=O)Nc1ccc(F)cc1. The number of anilines is 2. The Labute approximate surface area is 142 Å². The number of aryl methyl sites for hydroxylation is 1. The Balaban J connectivity index is 1.75. The van der Waals surface area contributed by atoms with Crippen LogP contribution < -0.4 is 10.6 Å². The molecule has 0 bridgehead atoms. The highest BCUT2D eigenvalue weighted by atomic mass is 32.2. The first kappa shape index (κ1) is 17.9. The van der Waals surface area contributed by atoms with E-state index in [0.29, 0.717) is 11.4 Å². The van der Waals surface area contributed by atoms with Crippen LogP contribution in [0.2, 0.25) is 0 Å². The van der Waals surface area contributed by atoms with Gasteiger partial charge in [-0.25, -0.2) is 8.78 Å². The molecule has 0 saturated heterocycles. The Morgan fingerprint density at radius 3 is 2.17 bits per heavy atom. The second kappa shape index (κ2) is 8.44. The first-order valence-corrected chi connectivity index (χ1v) is 8.28. The molecule has 4 nitrogen and oxygen atoms in total. The number of carbonyl (C=O) groups is 2. The van der Waals surface area contributed by atoms with E-state index >= 15 is 0 Å². The van der Waals surface area contributed by atoms with E-state index in [-0.39, 0.29) is 29.1 Å². The summed E-state index contributed by atoms with van der Waals surface area (Å²) >= 11 is 1.13. The maximum Gasteiger partial charge on any atom is 0.234 e. The number of benzene rings is 2. The minimum Gasteiger partial charge on any atom is -0.325 e. The number of amides is 2. The van der Waals surface area contributed by atoms with Crippen LogP contribution in [0, 0.1) is 18.6 Å². The summed E-state index contributed by atoms with van der Waals surface area (Å²) in [6.45, 7) is 1.76. The summed E-state index contributed by atoms with van der Waals surface area (Å²) < 4.78 is 25.9. The summed E-state index contributed by atoms with van der Waals surface area (Å²) in [5.74, 6) is -1.28. The van der Waals surface area contributed by atoms with Crippen LogP contribution in [0.5, 0.6) is 0 Å². The van der Waals surface area contributed by atoms with E-state index in [0.717, 1.165) is 17.3 Å². The van der Waals surface area contributed by atoms with E-state index < -0.39 is 5.82 Å². The zero-order valence-corrected chi connectivity index (χ0v) is 13.8. The van der Waals surface area contributed by atoms with Gasteiger partial charge in [0.1, 0.15) is 11.6 Å². The fraction of sp³-hybridized carbons (Fsp3) is 0.176. The first-order chi connectivity index (χ1) is 11.4. The third-order valence-corrected chi connectivity index (χ3v) is 4.00. The highest BCUT2D eigenvalue weighted by Crippen LogP contribution is 2.16. The van der Waals surface area contributed by atoms with Gasteiger partial charge in [-0.05, 0) is 48.9 Å². The van der Waals surface area contributed by atoms with Gasteiger partial charge in [0.15, 0.2) is 0 Å². The Hall–Kier alpha value is -2.41. The van der Waals surface area contributed by atoms with Crippen LogP contribution in [0.3, 0.4) is 0 Å². The number of nitrogens with one attached hydrogen (secondary N) is 2. The molecule has 0 fully saturated rings. The van der Waals surface area contributed by atoms with Gasteiger partial charge in [-0.3, -0.25) is 9.59 Å². The van der Waals surface area contributed by atoms with Crippen molar-refractivity contribution in [2.45, 2.75) is 6.92 Å². The quantitative estimate of drug-likeness (QED) is 0.837. The number of carbonyl (C=O) groups excluding carboxylic acids is 2. The third-order valence-electron chi connectivity index (χ3n) is 3.07. The Kier molecular flexibility index (Phi) is 6.31. The van der Waals surface area contributed by atoms with Gasteiger partial charge in [-0.1, -0.05) is 6.07 Å². The maximum atomic E-state index is 13.2. The van der Waals surface area contributed by atoms with E-state index in [4.69, 9.17) is 0 Å². The van der Waals surface area contributed by atoms with Crippen LogP contribution in [-0.2, 0) is 9.59 Å². The highest BCUT2D eigenvalue weighted by Gasteiger charge is 2.08. The fourth-order valence-electron chi connectivity index (χ4n) is 1.88. The van der Waals surface area contributed by atoms with Crippen LogP contribution in [0.15, 0.2) is 42.5 Å². The lowest BCUT2D eigenvalue weighted by molar-refractivity contribution is -0.114. The van der Waals surface area contributed by atoms with Crippen molar-refractivity contribution in [3.63, 3.8) is 0 Å². The average Bonchev–Trinajstić information content (AvgIpc) is 2.53. The normalized spacial score (nSPS) is 10.3. The van der Waals surface area contributed by atoms with Crippen molar-refractivity contribution < 1.29 is 18.4 Å². The highest BCUT2D eigenvalue weighted by molar-refractivity contribution is 8.00. The third kappa shape index (κ3) is 5.66. The minimum absolute atomic E-state index is 0.0623. The van der Waals surface area contributed by atoms with Crippen molar-refractivity contribution in [1.29, 1.82) is 0 Å². The zero-order chi connectivity index (χ0) is 17.5. The lowest BCUT2D eigenvalue weighted by Gasteiger charge is -2.08. The van der Waals surface area contributed by atoms with Gasteiger partial charge < -0.3 is 10.6 Å². The minimum atomic E-state index is -0.428. The fourth-order valence-corrected chi connectivity index (χ4v) is 2.50. The molecule has 0 aliphatic carbocycles. The molecule has 0 unspecified atom stereocenters. The van der Waals surface area contributed by atoms with Gasteiger partial charge in [-0.2, -0.15) is 0 Å². The van der Waals surface area contributed by atoms with Gasteiger partial charge >= 0.3 is 0 Å². The molecule has 0 aliphatic heterocycles. The van der Waals surface area contributed by atoms with Crippen molar-refractivity contribution in [3.05, 3.63) is 59.7 Å². The molecule has 0 aromatic heterocycles. The lowest BCUT2D eigenvalue weighted by atomic mass is 10.2. The molecule has 0 radical (unpaired) electrons. The Morgan fingerprint density at radius 2 is 1.50 bits per heavy atom. The van der Waals surface area contributed by atoms with Crippen LogP contribution in [0.1, 0.15) is 5.56 Å². The average molecular weight is 350 g/mol. The van der Waals surface area contributed by atoms with Gasteiger partial charge in [0, 0.05) is 11.4 Å². The molecule has 0 heterocycles. The van der Waals surface area contributed by atoms with Gasteiger partial charge in [0.25, 0.3) is 0 Å². The van der Waals surface area contributed by atoms with E-state index in [2.05, 4.69) is 10.6 Å². The molecule has 2 N–H and O–H groups in total. The van der Waals surface area contributed by atoms with E-state index in [9.17, 15) is 18.4 Å². The molecule has 24 heavy (non-hydrogen) atoms. The van der Waals surface area contributed by atoms with E-state index in [1.165, 1.54) is 36.4 Å². The first-order valence-electron chi connectivity index (χ1n) is 7.13. The number of hydrogen-bond acceptors (Lipinski definition) is 3. The largest absolute Gasteiger partial charge is 0.325 e. The van der Waals surface area contributed by atoms with Gasteiger partial charge in [0.2, 0.25) is 11.8 Å². The number of rotatable bonds is 6. The molecule has 2 rings (SSSR count). The number of thioether (sulfide) groups is 1. The predicted molar refractivity (Wildman–Crippen MR) is 92.1 cm³/mol. The summed E-state index contributed by atoms with van der Waals surface area (Å²) in [6.07, 6.45) is 0. The van der Waals surface area contributed by atoms with Crippen molar-refractivity contribution in [2.75, 3.05) is 22.1 Å².